The molecule has 0 radical (unpaired) electrons. The molecule has 0 aliphatic rings. The lowest BCUT2D eigenvalue weighted by Crippen LogP contribution is -2.03. The third-order valence-electron chi connectivity index (χ3n) is 6.16. The van der Waals surface area contributed by atoms with Crippen LogP contribution in [0, 0.1) is 0 Å². The summed E-state index contributed by atoms with van der Waals surface area (Å²) in [5, 5.41) is 0. The van der Waals surface area contributed by atoms with Gasteiger partial charge in [0.1, 0.15) is 5.82 Å². The van der Waals surface area contributed by atoms with Crippen LogP contribution < -0.4 is 0 Å². The fraction of sp³-hybridized carbons (Fsp3) is 0.679. The number of hydrogen-bond acceptors (Lipinski definition) is 1. The zero-order chi connectivity index (χ0) is 21.3. The molecule has 0 spiro atoms. The van der Waals surface area contributed by atoms with Crippen LogP contribution in [0.2, 0.25) is 0 Å². The van der Waals surface area contributed by atoms with Crippen molar-refractivity contribution in [3.05, 3.63) is 53.6 Å². The van der Waals surface area contributed by atoms with Crippen LogP contribution in [0.1, 0.15) is 114 Å². The zero-order valence-electron chi connectivity index (χ0n) is 19.9. The lowest BCUT2D eigenvalue weighted by atomic mass is 10.1. The Hall–Kier alpha value is -1.57. The van der Waals surface area contributed by atoms with Crippen LogP contribution >= 0.6 is 0 Å². The summed E-state index contributed by atoms with van der Waals surface area (Å²) in [7, 11) is 0. The van der Waals surface area contributed by atoms with Gasteiger partial charge in [-0.3, -0.25) is 0 Å². The van der Waals surface area contributed by atoms with E-state index in [-0.39, 0.29) is 0 Å². The molecule has 2 rings (SSSR count). The van der Waals surface area contributed by atoms with Gasteiger partial charge >= 0.3 is 0 Å². The monoisotopic (exact) mass is 410 g/mol. The molecule has 0 amide bonds. The fourth-order valence-corrected chi connectivity index (χ4v) is 4.27. The molecule has 0 bridgehead atoms. The van der Waals surface area contributed by atoms with Crippen molar-refractivity contribution in [3.63, 3.8) is 0 Å². The van der Waals surface area contributed by atoms with Crippen LogP contribution in [0.3, 0.4) is 0 Å². The van der Waals surface area contributed by atoms with E-state index in [1.54, 1.807) is 0 Å². The highest BCUT2D eigenvalue weighted by Gasteiger charge is 2.08. The van der Waals surface area contributed by atoms with Gasteiger partial charge in [0.05, 0.1) is 5.69 Å². The SMILES string of the molecule is CCCCCCCCCCn1cc(CCCc2ccccc2)nc1CCCCCC. The summed E-state index contributed by atoms with van der Waals surface area (Å²) >= 11 is 0. The van der Waals surface area contributed by atoms with Gasteiger partial charge in [-0.05, 0) is 37.7 Å². The third-order valence-corrected chi connectivity index (χ3v) is 6.16. The zero-order valence-corrected chi connectivity index (χ0v) is 19.9. The molecule has 1 aromatic heterocycles. The molecule has 0 N–H and O–H groups in total. The van der Waals surface area contributed by atoms with Gasteiger partial charge < -0.3 is 4.57 Å². The Labute approximate surface area is 186 Å². The smallest absolute Gasteiger partial charge is 0.108 e. The van der Waals surface area contributed by atoms with Crippen molar-refractivity contribution in [3.8, 4) is 0 Å². The van der Waals surface area contributed by atoms with Crippen molar-refractivity contribution in [2.75, 3.05) is 0 Å². The molecule has 0 aliphatic carbocycles. The maximum Gasteiger partial charge on any atom is 0.108 e. The molecule has 0 atom stereocenters. The van der Waals surface area contributed by atoms with Crippen molar-refractivity contribution in [1.82, 2.24) is 9.55 Å². The van der Waals surface area contributed by atoms with Gasteiger partial charge in [0.25, 0.3) is 0 Å². The number of aromatic nitrogens is 2. The normalized spacial score (nSPS) is 11.3. The van der Waals surface area contributed by atoms with E-state index < -0.39 is 0 Å². The second-order valence-electron chi connectivity index (χ2n) is 8.97. The quantitative estimate of drug-likeness (QED) is 0.226. The molecule has 0 saturated carbocycles. The summed E-state index contributed by atoms with van der Waals surface area (Å²) in [6, 6.07) is 10.9. The van der Waals surface area contributed by atoms with Gasteiger partial charge in [0, 0.05) is 19.2 Å². The van der Waals surface area contributed by atoms with Gasteiger partial charge in [0.2, 0.25) is 0 Å². The molecule has 0 aliphatic heterocycles. The summed E-state index contributed by atoms with van der Waals surface area (Å²) in [6.07, 6.45) is 23.3. The molecule has 2 nitrogen and oxygen atoms in total. The predicted octanol–water partition coefficient (Wildman–Crippen LogP) is 8.32. The van der Waals surface area contributed by atoms with E-state index in [4.69, 9.17) is 4.98 Å². The first kappa shape index (κ1) is 24.7. The maximum absolute atomic E-state index is 5.05. The minimum atomic E-state index is 1.10. The third kappa shape index (κ3) is 10.5. The van der Waals surface area contributed by atoms with E-state index >= 15 is 0 Å². The van der Waals surface area contributed by atoms with E-state index in [1.807, 2.05) is 0 Å². The first-order valence-corrected chi connectivity index (χ1v) is 12.9. The lowest BCUT2D eigenvalue weighted by Gasteiger charge is -2.08. The van der Waals surface area contributed by atoms with Crippen LogP contribution in [0.4, 0.5) is 0 Å². The van der Waals surface area contributed by atoms with Crippen molar-refractivity contribution in [1.29, 1.82) is 0 Å². The Morgan fingerprint density at radius 1 is 0.633 bits per heavy atom. The van der Waals surface area contributed by atoms with Crippen LogP contribution in [-0.2, 0) is 25.8 Å². The molecular weight excluding hydrogens is 364 g/mol. The highest BCUT2D eigenvalue weighted by Crippen LogP contribution is 2.15. The second kappa shape index (κ2) is 16.2. The first-order valence-electron chi connectivity index (χ1n) is 12.9. The number of benzene rings is 1. The Kier molecular flexibility index (Phi) is 13.3. The number of unbranched alkanes of at least 4 members (excludes halogenated alkanes) is 10. The van der Waals surface area contributed by atoms with Crippen molar-refractivity contribution >= 4 is 0 Å². The molecule has 1 heterocycles. The highest BCUT2D eigenvalue weighted by molar-refractivity contribution is 5.15. The molecule has 2 aromatic rings. The van der Waals surface area contributed by atoms with E-state index in [2.05, 4.69) is 54.9 Å². The Morgan fingerprint density at radius 3 is 1.97 bits per heavy atom. The minimum absolute atomic E-state index is 1.10. The van der Waals surface area contributed by atoms with E-state index in [1.165, 1.54) is 101 Å². The average Bonchev–Trinajstić information content (AvgIpc) is 3.15. The summed E-state index contributed by atoms with van der Waals surface area (Å²) in [4.78, 5) is 5.05. The predicted molar refractivity (Wildman–Crippen MR) is 131 cm³/mol. The summed E-state index contributed by atoms with van der Waals surface area (Å²) < 4.78 is 2.49. The second-order valence-corrected chi connectivity index (χ2v) is 8.97. The maximum atomic E-state index is 5.05. The van der Waals surface area contributed by atoms with Crippen LogP contribution in [-0.4, -0.2) is 9.55 Å². The Morgan fingerprint density at radius 2 is 1.27 bits per heavy atom. The number of nitrogens with zero attached hydrogens (tertiary/aromatic N) is 2. The molecule has 0 fully saturated rings. The van der Waals surface area contributed by atoms with E-state index in [9.17, 15) is 0 Å². The molecule has 0 unspecified atom stereocenters. The Balaban J connectivity index is 1.77. The molecular formula is C28H46N2. The van der Waals surface area contributed by atoms with Crippen LogP contribution in [0.15, 0.2) is 36.5 Å². The molecule has 30 heavy (non-hydrogen) atoms. The number of aryl methyl sites for hydroxylation is 4. The van der Waals surface area contributed by atoms with Crippen molar-refractivity contribution in [2.45, 2.75) is 123 Å². The van der Waals surface area contributed by atoms with Gasteiger partial charge in [0.15, 0.2) is 0 Å². The largest absolute Gasteiger partial charge is 0.335 e. The summed E-state index contributed by atoms with van der Waals surface area (Å²) in [5.41, 5.74) is 2.74. The van der Waals surface area contributed by atoms with Crippen LogP contribution in [0.25, 0.3) is 0 Å². The topological polar surface area (TPSA) is 17.8 Å². The number of hydrogen-bond donors (Lipinski definition) is 0. The van der Waals surface area contributed by atoms with Gasteiger partial charge in [-0.2, -0.15) is 0 Å². The average molecular weight is 411 g/mol. The van der Waals surface area contributed by atoms with Crippen LogP contribution in [0.5, 0.6) is 0 Å². The Bertz CT molecular complexity index is 644. The van der Waals surface area contributed by atoms with Gasteiger partial charge in [-0.1, -0.05) is 108 Å². The summed E-state index contributed by atoms with van der Waals surface area (Å²) in [6.45, 7) is 5.73. The number of imidazole rings is 1. The minimum Gasteiger partial charge on any atom is -0.335 e. The van der Waals surface area contributed by atoms with Crippen molar-refractivity contribution < 1.29 is 0 Å². The standard InChI is InChI=1S/C28H46N2/c1-3-5-7-9-10-11-12-17-24-30-25-27(29-28(30)23-16-8-6-4-2)22-18-21-26-19-14-13-15-20-26/h13-15,19-20,25H,3-12,16-18,21-24H2,1-2H3. The fourth-order valence-electron chi connectivity index (χ4n) is 4.27. The molecule has 1 aromatic carbocycles. The molecule has 0 saturated heterocycles. The van der Waals surface area contributed by atoms with E-state index in [0.717, 1.165) is 25.8 Å². The van der Waals surface area contributed by atoms with Gasteiger partial charge in [-0.25, -0.2) is 4.98 Å². The lowest BCUT2D eigenvalue weighted by molar-refractivity contribution is 0.530. The van der Waals surface area contributed by atoms with Crippen molar-refractivity contribution in [2.24, 2.45) is 0 Å². The van der Waals surface area contributed by atoms with Gasteiger partial charge in [-0.15, -0.1) is 0 Å². The number of rotatable bonds is 18. The first-order chi connectivity index (χ1) is 14.8. The van der Waals surface area contributed by atoms with E-state index in [0.29, 0.717) is 0 Å². The summed E-state index contributed by atoms with van der Waals surface area (Å²) in [5.74, 6) is 1.34. The highest BCUT2D eigenvalue weighted by atomic mass is 15.1. The molecule has 2 heteroatoms. The molecule has 168 valence electrons.